The number of hydrogen-bond acceptors (Lipinski definition) is 5. The first-order valence-electron chi connectivity index (χ1n) is 7.87. The molecule has 23 heavy (non-hydrogen) atoms. The first-order chi connectivity index (χ1) is 11.1. The highest BCUT2D eigenvalue weighted by atomic mass is 16.6. The fraction of sp³-hybridized carbons (Fsp3) is 0.588. The van der Waals surface area contributed by atoms with Gasteiger partial charge in [-0.25, -0.2) is 4.79 Å². The van der Waals surface area contributed by atoms with E-state index in [1.165, 1.54) is 10.5 Å². The Bertz CT molecular complexity index is 533. The molecule has 0 bridgehead atoms. The molecule has 1 aromatic carbocycles. The third kappa shape index (κ3) is 4.28. The van der Waals surface area contributed by atoms with E-state index < -0.39 is 0 Å². The predicted molar refractivity (Wildman–Crippen MR) is 88.1 cm³/mol. The monoisotopic (exact) mass is 322 g/mol. The normalized spacial score (nSPS) is 17.8. The van der Waals surface area contributed by atoms with Crippen molar-refractivity contribution in [3.63, 3.8) is 0 Å². The van der Waals surface area contributed by atoms with Gasteiger partial charge in [-0.2, -0.15) is 0 Å². The number of hydrogen-bond donors (Lipinski definition) is 0. The summed E-state index contributed by atoms with van der Waals surface area (Å²) < 4.78 is 15.9. The number of benzene rings is 1. The van der Waals surface area contributed by atoms with Crippen molar-refractivity contribution < 1.29 is 19.0 Å². The lowest BCUT2D eigenvalue weighted by molar-refractivity contribution is 0.101. The van der Waals surface area contributed by atoms with Crippen molar-refractivity contribution in [2.75, 3.05) is 48.0 Å². The van der Waals surface area contributed by atoms with Crippen molar-refractivity contribution in [3.8, 4) is 11.5 Å². The molecule has 0 radical (unpaired) electrons. The summed E-state index contributed by atoms with van der Waals surface area (Å²) in [4.78, 5) is 15.3. The molecule has 1 fully saturated rings. The molecule has 1 aliphatic rings. The van der Waals surface area contributed by atoms with Crippen LogP contribution in [-0.4, -0.2) is 63.9 Å². The van der Waals surface area contributed by atoms with Crippen LogP contribution >= 0.6 is 0 Å². The predicted octanol–water partition coefficient (Wildman–Crippen LogP) is 2.54. The summed E-state index contributed by atoms with van der Waals surface area (Å²) in [6.45, 7) is 2.15. The zero-order valence-electron chi connectivity index (χ0n) is 14.4. The van der Waals surface area contributed by atoms with Crippen LogP contribution in [-0.2, 0) is 4.74 Å². The van der Waals surface area contributed by atoms with Crippen molar-refractivity contribution in [1.82, 2.24) is 9.80 Å². The SMILES string of the molecule is COc1ccc([C@@H]2CCCN2CCOC(=O)N(C)C)cc1OC. The van der Waals surface area contributed by atoms with E-state index in [0.717, 1.165) is 37.4 Å². The van der Waals surface area contributed by atoms with E-state index in [1.807, 2.05) is 12.1 Å². The van der Waals surface area contributed by atoms with E-state index in [0.29, 0.717) is 12.6 Å². The molecule has 1 aliphatic heterocycles. The van der Waals surface area contributed by atoms with E-state index in [1.54, 1.807) is 28.3 Å². The summed E-state index contributed by atoms with van der Waals surface area (Å²) >= 11 is 0. The average molecular weight is 322 g/mol. The van der Waals surface area contributed by atoms with Gasteiger partial charge in [-0.3, -0.25) is 4.90 Å². The van der Waals surface area contributed by atoms with Crippen LogP contribution in [0.25, 0.3) is 0 Å². The van der Waals surface area contributed by atoms with Gasteiger partial charge in [0.15, 0.2) is 11.5 Å². The largest absolute Gasteiger partial charge is 0.493 e. The maximum atomic E-state index is 11.5. The molecule has 128 valence electrons. The minimum Gasteiger partial charge on any atom is -0.493 e. The number of carbonyl (C=O) groups excluding carboxylic acids is 1. The Morgan fingerprint density at radius 2 is 2.00 bits per heavy atom. The molecule has 0 unspecified atom stereocenters. The zero-order chi connectivity index (χ0) is 16.8. The summed E-state index contributed by atoms with van der Waals surface area (Å²) in [7, 11) is 6.66. The lowest BCUT2D eigenvalue weighted by atomic mass is 10.0. The lowest BCUT2D eigenvalue weighted by Crippen LogP contribution is -2.30. The van der Waals surface area contributed by atoms with E-state index in [2.05, 4.69) is 11.0 Å². The van der Waals surface area contributed by atoms with Gasteiger partial charge in [-0.15, -0.1) is 0 Å². The van der Waals surface area contributed by atoms with Gasteiger partial charge in [0, 0.05) is 26.7 Å². The molecule has 6 nitrogen and oxygen atoms in total. The van der Waals surface area contributed by atoms with Crippen molar-refractivity contribution in [2.24, 2.45) is 0 Å². The van der Waals surface area contributed by atoms with E-state index >= 15 is 0 Å². The Hall–Kier alpha value is -1.95. The first kappa shape index (κ1) is 17.4. The van der Waals surface area contributed by atoms with Crippen molar-refractivity contribution in [3.05, 3.63) is 23.8 Å². The van der Waals surface area contributed by atoms with Crippen molar-refractivity contribution >= 4 is 6.09 Å². The van der Waals surface area contributed by atoms with Crippen LogP contribution < -0.4 is 9.47 Å². The number of nitrogens with zero attached hydrogens (tertiary/aromatic N) is 2. The minimum atomic E-state index is -0.299. The molecule has 1 atom stereocenters. The second-order valence-electron chi connectivity index (χ2n) is 5.82. The van der Waals surface area contributed by atoms with Gasteiger partial charge >= 0.3 is 6.09 Å². The quantitative estimate of drug-likeness (QED) is 0.805. The van der Waals surface area contributed by atoms with Crippen LogP contribution in [0.2, 0.25) is 0 Å². The maximum Gasteiger partial charge on any atom is 0.409 e. The summed E-state index contributed by atoms with van der Waals surface area (Å²) in [6.07, 6.45) is 1.93. The Balaban J connectivity index is 1.99. The zero-order valence-corrected chi connectivity index (χ0v) is 14.4. The molecule has 2 rings (SSSR count). The summed E-state index contributed by atoms with van der Waals surface area (Å²) in [5.41, 5.74) is 1.21. The van der Waals surface area contributed by atoms with Gasteiger partial charge in [0.25, 0.3) is 0 Å². The molecule has 6 heteroatoms. The number of amides is 1. The number of ether oxygens (including phenoxy) is 3. The number of likely N-dealkylation sites (tertiary alicyclic amines) is 1. The number of rotatable bonds is 6. The highest BCUT2D eigenvalue weighted by Crippen LogP contribution is 2.36. The number of methoxy groups -OCH3 is 2. The summed E-state index contributed by atoms with van der Waals surface area (Å²) in [5, 5.41) is 0. The Morgan fingerprint density at radius 1 is 1.26 bits per heavy atom. The third-order valence-corrected chi connectivity index (χ3v) is 4.13. The summed E-state index contributed by atoms with van der Waals surface area (Å²) in [6, 6.07) is 6.38. The molecule has 1 saturated heterocycles. The smallest absolute Gasteiger partial charge is 0.409 e. The molecule has 0 saturated carbocycles. The molecule has 1 aromatic rings. The van der Waals surface area contributed by atoms with Crippen molar-refractivity contribution in [1.29, 1.82) is 0 Å². The van der Waals surface area contributed by atoms with Gasteiger partial charge in [-0.05, 0) is 37.1 Å². The van der Waals surface area contributed by atoms with Crippen LogP contribution in [0.3, 0.4) is 0 Å². The van der Waals surface area contributed by atoms with Crippen LogP contribution in [0.1, 0.15) is 24.4 Å². The molecular formula is C17H26N2O4. The maximum absolute atomic E-state index is 11.5. The molecule has 0 aliphatic carbocycles. The van der Waals surface area contributed by atoms with Gasteiger partial charge in [0.1, 0.15) is 6.61 Å². The second kappa shape index (κ2) is 8.06. The van der Waals surface area contributed by atoms with Crippen LogP contribution in [0.15, 0.2) is 18.2 Å². The minimum absolute atomic E-state index is 0.299. The Labute approximate surface area is 137 Å². The third-order valence-electron chi connectivity index (χ3n) is 4.13. The van der Waals surface area contributed by atoms with E-state index in [-0.39, 0.29) is 6.09 Å². The Kier molecular flexibility index (Phi) is 6.10. The molecule has 0 aromatic heterocycles. The van der Waals surface area contributed by atoms with E-state index in [9.17, 15) is 4.79 Å². The molecule has 0 N–H and O–H groups in total. The highest BCUT2D eigenvalue weighted by Gasteiger charge is 2.26. The van der Waals surface area contributed by atoms with Gasteiger partial charge in [-0.1, -0.05) is 6.07 Å². The van der Waals surface area contributed by atoms with E-state index in [4.69, 9.17) is 14.2 Å². The van der Waals surface area contributed by atoms with Crippen LogP contribution in [0.4, 0.5) is 4.79 Å². The van der Waals surface area contributed by atoms with Crippen LogP contribution in [0, 0.1) is 0 Å². The lowest BCUT2D eigenvalue weighted by Gasteiger charge is -2.25. The standard InChI is InChI=1S/C17H26N2O4/c1-18(2)17(20)23-11-10-19-9-5-6-14(19)13-7-8-15(21-3)16(12-13)22-4/h7-8,12,14H,5-6,9-11H2,1-4H3/t14-/m0/s1. The topological polar surface area (TPSA) is 51.2 Å². The average Bonchev–Trinajstić information content (AvgIpc) is 3.02. The molecular weight excluding hydrogens is 296 g/mol. The molecule has 1 amide bonds. The highest BCUT2D eigenvalue weighted by molar-refractivity contribution is 5.66. The van der Waals surface area contributed by atoms with Crippen molar-refractivity contribution in [2.45, 2.75) is 18.9 Å². The fourth-order valence-electron chi connectivity index (χ4n) is 2.91. The molecule has 1 heterocycles. The van der Waals surface area contributed by atoms with Gasteiger partial charge < -0.3 is 19.1 Å². The fourth-order valence-corrected chi connectivity index (χ4v) is 2.91. The number of carbonyl (C=O) groups is 1. The summed E-state index contributed by atoms with van der Waals surface area (Å²) in [5.74, 6) is 1.48. The van der Waals surface area contributed by atoms with Crippen LogP contribution in [0.5, 0.6) is 11.5 Å². The van der Waals surface area contributed by atoms with Gasteiger partial charge in [0.05, 0.1) is 14.2 Å². The molecule has 0 spiro atoms. The first-order valence-corrected chi connectivity index (χ1v) is 7.87. The Morgan fingerprint density at radius 3 is 2.65 bits per heavy atom. The second-order valence-corrected chi connectivity index (χ2v) is 5.82. The van der Waals surface area contributed by atoms with Gasteiger partial charge in [0.2, 0.25) is 0 Å².